The zero-order valence-corrected chi connectivity index (χ0v) is 13.5. The number of nitrogens with one attached hydrogen (secondary N) is 1. The predicted octanol–water partition coefficient (Wildman–Crippen LogP) is 3.05. The van der Waals surface area contributed by atoms with Crippen molar-refractivity contribution in [2.24, 2.45) is 5.92 Å². The van der Waals surface area contributed by atoms with E-state index in [0.29, 0.717) is 14.8 Å². The van der Waals surface area contributed by atoms with Crippen molar-refractivity contribution in [2.75, 3.05) is 13.1 Å². The summed E-state index contributed by atoms with van der Waals surface area (Å²) in [6.45, 7) is 14.0. The molecule has 1 unspecified atom stereocenters. The molecule has 1 aliphatic rings. The van der Waals surface area contributed by atoms with Crippen LogP contribution < -0.4 is 5.32 Å². The smallest absolute Gasteiger partial charge is 0.221 e. The van der Waals surface area contributed by atoms with Crippen LogP contribution in [0.3, 0.4) is 0 Å². The van der Waals surface area contributed by atoms with Gasteiger partial charge in [0.15, 0.2) is 8.32 Å². The fourth-order valence-electron chi connectivity index (χ4n) is 2.13. The number of hydrogen-bond acceptors (Lipinski definition) is 2. The lowest BCUT2D eigenvalue weighted by atomic mass is 10.0. The van der Waals surface area contributed by atoms with E-state index in [-0.39, 0.29) is 0 Å². The molecule has 1 fully saturated rings. The predicted molar refractivity (Wildman–Crippen MR) is 74.4 cm³/mol. The van der Waals surface area contributed by atoms with Gasteiger partial charge in [0.25, 0.3) is 0 Å². The third kappa shape index (κ3) is 6.18. The van der Waals surface area contributed by atoms with E-state index in [4.69, 9.17) is 4.12 Å². The second-order valence-corrected chi connectivity index (χ2v) is 13.1. The van der Waals surface area contributed by atoms with Gasteiger partial charge in [-0.15, -0.1) is 0 Å². The van der Waals surface area contributed by atoms with Crippen molar-refractivity contribution >= 4 is 18.1 Å². The van der Waals surface area contributed by atoms with Crippen LogP contribution in [0.25, 0.3) is 0 Å². The van der Waals surface area contributed by atoms with Crippen LogP contribution in [-0.4, -0.2) is 31.2 Å². The second kappa shape index (κ2) is 5.80. The highest BCUT2D eigenvalue weighted by Crippen LogP contribution is 2.27. The lowest BCUT2D eigenvalue weighted by molar-refractivity contribution is 0.389. The standard InChI is InChI=1S/C12H27NOSi2/c1-12(2,3)15-14-16(4,5)10-11-7-6-8-13-9-11/h11,13H,6-10H2,1-5H3. The Bertz CT molecular complexity index is 208. The molecule has 1 atom stereocenters. The molecule has 0 saturated carbocycles. The SMILES string of the molecule is CC(C)(C)[Si]O[Si](C)(C)CC1CCCNC1. The van der Waals surface area contributed by atoms with E-state index in [1.807, 2.05) is 0 Å². The molecule has 2 nitrogen and oxygen atoms in total. The summed E-state index contributed by atoms with van der Waals surface area (Å²) in [7, 11) is -0.773. The van der Waals surface area contributed by atoms with Crippen LogP contribution in [0.15, 0.2) is 0 Å². The first-order chi connectivity index (χ1) is 7.29. The second-order valence-electron chi connectivity index (χ2n) is 6.63. The molecular weight excluding hydrogens is 230 g/mol. The average molecular weight is 258 g/mol. The molecule has 0 aliphatic carbocycles. The highest BCUT2D eigenvalue weighted by atomic mass is 28.4. The quantitative estimate of drug-likeness (QED) is 0.782. The maximum absolute atomic E-state index is 6.24. The molecule has 94 valence electrons. The Morgan fingerprint density at radius 3 is 2.56 bits per heavy atom. The molecule has 0 bridgehead atoms. The molecule has 2 radical (unpaired) electrons. The summed E-state index contributed by atoms with van der Waals surface area (Å²) in [5.74, 6) is 0.861. The maximum atomic E-state index is 6.24. The normalized spacial score (nSPS) is 23.4. The van der Waals surface area contributed by atoms with Crippen LogP contribution in [0.5, 0.6) is 0 Å². The molecule has 0 amide bonds. The largest absolute Gasteiger partial charge is 0.456 e. The molecule has 0 spiro atoms. The summed E-state index contributed by atoms with van der Waals surface area (Å²) in [5, 5.41) is 3.83. The van der Waals surface area contributed by atoms with Gasteiger partial charge in [0, 0.05) is 0 Å². The average Bonchev–Trinajstić information content (AvgIpc) is 2.15. The van der Waals surface area contributed by atoms with Crippen molar-refractivity contribution in [1.82, 2.24) is 5.32 Å². The Hall–Kier alpha value is 0.354. The summed E-state index contributed by atoms with van der Waals surface area (Å²) in [4.78, 5) is 0. The molecule has 1 aliphatic heterocycles. The van der Waals surface area contributed by atoms with Gasteiger partial charge in [0.05, 0.1) is 0 Å². The van der Waals surface area contributed by atoms with Crippen molar-refractivity contribution in [3.63, 3.8) is 0 Å². The summed E-state index contributed by atoms with van der Waals surface area (Å²) in [6.07, 6.45) is 2.74. The molecule has 4 heteroatoms. The van der Waals surface area contributed by atoms with Gasteiger partial charge >= 0.3 is 0 Å². The first-order valence-electron chi connectivity index (χ1n) is 6.44. The highest BCUT2D eigenvalue weighted by molar-refractivity contribution is 6.75. The molecule has 0 aromatic carbocycles. The van der Waals surface area contributed by atoms with Gasteiger partial charge in [0.2, 0.25) is 9.76 Å². The van der Waals surface area contributed by atoms with Gasteiger partial charge in [-0.25, -0.2) is 0 Å². The van der Waals surface area contributed by atoms with Crippen molar-refractivity contribution in [3.8, 4) is 0 Å². The molecule has 1 heterocycles. The summed E-state index contributed by atoms with van der Waals surface area (Å²) >= 11 is 0. The van der Waals surface area contributed by atoms with Crippen LogP contribution in [0, 0.1) is 5.92 Å². The molecule has 1 N–H and O–H groups in total. The van der Waals surface area contributed by atoms with Gasteiger partial charge in [-0.2, -0.15) is 0 Å². The summed E-state index contributed by atoms with van der Waals surface area (Å²) in [5.41, 5.74) is 0. The van der Waals surface area contributed by atoms with E-state index in [0.717, 1.165) is 5.92 Å². The molecular formula is C12H27NOSi2. The van der Waals surface area contributed by atoms with E-state index in [2.05, 4.69) is 39.2 Å². The molecule has 1 rings (SSSR count). The lowest BCUT2D eigenvalue weighted by Gasteiger charge is -2.32. The van der Waals surface area contributed by atoms with E-state index < -0.39 is 8.32 Å². The fraction of sp³-hybridized carbons (Fsp3) is 1.00. The summed E-state index contributed by atoms with van der Waals surface area (Å²) in [6, 6.07) is 1.32. The van der Waals surface area contributed by atoms with Crippen LogP contribution in [0.1, 0.15) is 33.6 Å². The molecule has 0 aromatic rings. The molecule has 0 aromatic heterocycles. The summed E-state index contributed by atoms with van der Waals surface area (Å²) < 4.78 is 6.24. The van der Waals surface area contributed by atoms with Crippen LogP contribution in [0.4, 0.5) is 0 Å². The third-order valence-corrected chi connectivity index (χ3v) is 7.60. The van der Waals surface area contributed by atoms with Gasteiger partial charge in [-0.3, -0.25) is 0 Å². The Labute approximate surface area is 105 Å². The fourth-order valence-corrected chi connectivity index (χ4v) is 6.53. The topological polar surface area (TPSA) is 21.3 Å². The maximum Gasteiger partial charge on any atom is 0.221 e. The van der Waals surface area contributed by atoms with E-state index in [9.17, 15) is 0 Å². The van der Waals surface area contributed by atoms with Crippen LogP contribution in [-0.2, 0) is 4.12 Å². The lowest BCUT2D eigenvalue weighted by Crippen LogP contribution is -2.40. The van der Waals surface area contributed by atoms with Crippen molar-refractivity contribution in [3.05, 3.63) is 0 Å². The van der Waals surface area contributed by atoms with E-state index in [1.165, 1.54) is 32.0 Å². The van der Waals surface area contributed by atoms with Gasteiger partial charge < -0.3 is 9.43 Å². The van der Waals surface area contributed by atoms with Gasteiger partial charge in [-0.1, -0.05) is 20.8 Å². The Morgan fingerprint density at radius 2 is 2.06 bits per heavy atom. The monoisotopic (exact) mass is 257 g/mol. The van der Waals surface area contributed by atoms with Crippen molar-refractivity contribution < 1.29 is 4.12 Å². The van der Waals surface area contributed by atoms with Gasteiger partial charge in [0.1, 0.15) is 0 Å². The highest BCUT2D eigenvalue weighted by Gasteiger charge is 2.29. The van der Waals surface area contributed by atoms with E-state index >= 15 is 0 Å². The minimum Gasteiger partial charge on any atom is -0.456 e. The zero-order chi connectivity index (χ0) is 12.2. The minimum atomic E-state index is -1.43. The first kappa shape index (κ1) is 14.4. The number of piperidine rings is 1. The Balaban J connectivity index is 2.32. The Morgan fingerprint density at radius 1 is 1.38 bits per heavy atom. The van der Waals surface area contributed by atoms with Crippen LogP contribution >= 0.6 is 0 Å². The molecule has 16 heavy (non-hydrogen) atoms. The van der Waals surface area contributed by atoms with Crippen molar-refractivity contribution in [2.45, 2.75) is 57.8 Å². The van der Waals surface area contributed by atoms with E-state index in [1.54, 1.807) is 0 Å². The number of rotatable bonds is 4. The Kier molecular flexibility index (Phi) is 5.23. The first-order valence-corrected chi connectivity index (χ1v) is 10.5. The van der Waals surface area contributed by atoms with Crippen molar-refractivity contribution in [1.29, 1.82) is 0 Å². The molecule has 1 saturated heterocycles. The third-order valence-electron chi connectivity index (χ3n) is 2.81. The number of hydrogen-bond donors (Lipinski definition) is 1. The minimum absolute atomic E-state index is 0.328. The van der Waals surface area contributed by atoms with Crippen LogP contribution in [0.2, 0.25) is 24.2 Å². The van der Waals surface area contributed by atoms with Gasteiger partial charge in [-0.05, 0) is 56.0 Å². The zero-order valence-electron chi connectivity index (χ0n) is 11.5.